The van der Waals surface area contributed by atoms with Crippen LogP contribution in [0.3, 0.4) is 0 Å². The Bertz CT molecular complexity index is 1680. The van der Waals surface area contributed by atoms with Crippen LogP contribution >= 0.6 is 0 Å². The Morgan fingerprint density at radius 3 is 2.73 bits per heavy atom. The zero-order valence-corrected chi connectivity index (χ0v) is 23.2. The van der Waals surface area contributed by atoms with E-state index in [0.717, 1.165) is 29.5 Å². The number of hydrogen-bond acceptors (Lipinski definition) is 8. The highest BCUT2D eigenvalue weighted by Crippen LogP contribution is 2.34. The Kier molecular flexibility index (Phi) is 7.55. The first-order valence-corrected chi connectivity index (χ1v) is 14.3. The molecule has 208 valence electrons. The predicted molar refractivity (Wildman–Crippen MR) is 152 cm³/mol. The maximum absolute atomic E-state index is 12.9. The number of aryl methyl sites for hydroxylation is 1. The van der Waals surface area contributed by atoms with Crippen LogP contribution in [0.5, 0.6) is 5.75 Å². The Morgan fingerprint density at radius 1 is 1.23 bits per heavy atom. The van der Waals surface area contributed by atoms with Crippen LogP contribution in [0.1, 0.15) is 30.0 Å². The molecule has 1 unspecified atom stereocenters. The van der Waals surface area contributed by atoms with Gasteiger partial charge in [0, 0.05) is 25.2 Å². The summed E-state index contributed by atoms with van der Waals surface area (Å²) in [7, 11) is -2.35. The molecule has 0 saturated carbocycles. The highest BCUT2D eigenvalue weighted by molar-refractivity contribution is 7.89. The molecule has 2 aromatic heterocycles. The van der Waals surface area contributed by atoms with Crippen molar-refractivity contribution in [1.29, 1.82) is 0 Å². The van der Waals surface area contributed by atoms with Crippen LogP contribution in [-0.4, -0.2) is 59.2 Å². The maximum Gasteiger partial charge on any atom is 0.246 e. The third-order valence-corrected chi connectivity index (χ3v) is 8.49. The Labute approximate surface area is 232 Å². The first kappa shape index (κ1) is 27.3. The van der Waals surface area contributed by atoms with Gasteiger partial charge in [0.25, 0.3) is 0 Å². The number of amides is 1. The average molecular weight is 562 g/mol. The van der Waals surface area contributed by atoms with Crippen LogP contribution < -0.4 is 15.2 Å². The number of methoxy groups -OCH3 is 1. The number of carbonyl (C=O) groups is 1. The second-order valence-electron chi connectivity index (χ2n) is 9.71. The molecule has 0 bridgehead atoms. The molecule has 0 radical (unpaired) electrons. The van der Waals surface area contributed by atoms with Crippen molar-refractivity contribution >= 4 is 32.8 Å². The van der Waals surface area contributed by atoms with Gasteiger partial charge in [-0.3, -0.25) is 4.79 Å². The van der Waals surface area contributed by atoms with E-state index < -0.39 is 10.0 Å². The van der Waals surface area contributed by atoms with Crippen molar-refractivity contribution in [3.05, 3.63) is 72.6 Å². The van der Waals surface area contributed by atoms with Crippen molar-refractivity contribution in [1.82, 2.24) is 29.4 Å². The van der Waals surface area contributed by atoms with E-state index in [-0.39, 0.29) is 23.4 Å². The molecule has 0 aliphatic carbocycles. The lowest BCUT2D eigenvalue weighted by atomic mass is 10.1. The molecule has 1 saturated heterocycles. The van der Waals surface area contributed by atoms with Crippen LogP contribution in [0.15, 0.2) is 66.3 Å². The number of aromatic nitrogens is 4. The van der Waals surface area contributed by atoms with E-state index in [1.165, 1.54) is 25.6 Å². The molecule has 3 heterocycles. The number of fused-ring (bicyclic) bond motifs is 1. The van der Waals surface area contributed by atoms with Gasteiger partial charge in [0.15, 0.2) is 5.65 Å². The van der Waals surface area contributed by atoms with Gasteiger partial charge in [-0.25, -0.2) is 27.8 Å². The van der Waals surface area contributed by atoms with Gasteiger partial charge in [0.1, 0.15) is 28.5 Å². The molecular weight excluding hydrogens is 530 g/mol. The van der Waals surface area contributed by atoms with Crippen LogP contribution in [0.25, 0.3) is 22.3 Å². The SMILES string of the molecule is C=CC(=O)N1CCCC(n2nc(-c3ccc(CNS(=O)(=O)c4ccc(C)cc4OC)cc3)c3c(N)ncnc32)C1. The summed E-state index contributed by atoms with van der Waals surface area (Å²) in [4.78, 5) is 22.7. The molecule has 1 amide bonds. The quantitative estimate of drug-likeness (QED) is 0.312. The summed E-state index contributed by atoms with van der Waals surface area (Å²) in [5, 5.41) is 5.52. The Balaban J connectivity index is 1.40. The molecule has 0 spiro atoms. The minimum Gasteiger partial charge on any atom is -0.495 e. The summed E-state index contributed by atoms with van der Waals surface area (Å²) in [6.45, 7) is 6.73. The number of likely N-dealkylation sites (tertiary alicyclic amines) is 1. The topological polar surface area (TPSA) is 145 Å². The number of carbonyl (C=O) groups excluding carboxylic acids is 1. The van der Waals surface area contributed by atoms with Gasteiger partial charge in [-0.15, -0.1) is 0 Å². The normalized spacial score (nSPS) is 15.8. The van der Waals surface area contributed by atoms with E-state index in [1.807, 2.05) is 35.9 Å². The Hall–Kier alpha value is -4.29. The largest absolute Gasteiger partial charge is 0.495 e. The highest BCUT2D eigenvalue weighted by atomic mass is 32.2. The number of nitrogens with zero attached hydrogens (tertiary/aromatic N) is 5. The molecule has 2 aromatic carbocycles. The number of anilines is 1. The lowest BCUT2D eigenvalue weighted by Crippen LogP contribution is -2.40. The first-order valence-electron chi connectivity index (χ1n) is 12.9. The van der Waals surface area contributed by atoms with Gasteiger partial charge in [0.2, 0.25) is 15.9 Å². The fraction of sp³-hybridized carbons (Fsp3) is 0.286. The summed E-state index contributed by atoms with van der Waals surface area (Å²) in [6, 6.07) is 12.3. The van der Waals surface area contributed by atoms with Gasteiger partial charge in [-0.1, -0.05) is 36.9 Å². The molecule has 12 heteroatoms. The molecule has 40 heavy (non-hydrogen) atoms. The standard InChI is InChI=1S/C28H31N7O4S/c1-4-24(36)34-13-5-6-21(16-34)35-28-25(27(29)30-17-31-28)26(33-35)20-10-8-19(9-11-20)15-32-40(37,38)23-12-7-18(2)14-22(23)39-3/h4,7-12,14,17,21,32H,1,5-6,13,15-16H2,2-3H3,(H2,29,30,31). The summed E-state index contributed by atoms with van der Waals surface area (Å²) in [5.74, 6) is 0.493. The van der Waals surface area contributed by atoms with Crippen molar-refractivity contribution < 1.29 is 17.9 Å². The van der Waals surface area contributed by atoms with E-state index >= 15 is 0 Å². The second-order valence-corrected chi connectivity index (χ2v) is 11.4. The number of hydrogen-bond donors (Lipinski definition) is 2. The zero-order chi connectivity index (χ0) is 28.4. The third kappa shape index (κ3) is 5.27. The number of piperidine rings is 1. The minimum atomic E-state index is -3.79. The van der Waals surface area contributed by atoms with Gasteiger partial charge < -0.3 is 15.4 Å². The highest BCUT2D eigenvalue weighted by Gasteiger charge is 2.28. The van der Waals surface area contributed by atoms with Crippen LogP contribution in [0.2, 0.25) is 0 Å². The van der Waals surface area contributed by atoms with E-state index in [1.54, 1.807) is 17.0 Å². The molecule has 5 rings (SSSR count). The maximum atomic E-state index is 12.9. The second kappa shape index (κ2) is 11.1. The fourth-order valence-electron chi connectivity index (χ4n) is 4.97. The van der Waals surface area contributed by atoms with Crippen molar-refractivity contribution in [3.8, 4) is 17.0 Å². The van der Waals surface area contributed by atoms with Gasteiger partial charge in [-0.2, -0.15) is 5.10 Å². The zero-order valence-electron chi connectivity index (χ0n) is 22.4. The minimum absolute atomic E-state index is 0.0735. The molecule has 11 nitrogen and oxygen atoms in total. The molecule has 1 fully saturated rings. The van der Waals surface area contributed by atoms with E-state index in [0.29, 0.717) is 41.4 Å². The molecule has 4 aromatic rings. The summed E-state index contributed by atoms with van der Waals surface area (Å²) in [5.41, 5.74) is 9.95. The summed E-state index contributed by atoms with van der Waals surface area (Å²) < 4.78 is 35.6. The monoisotopic (exact) mass is 561 g/mol. The first-order chi connectivity index (χ1) is 19.2. The van der Waals surface area contributed by atoms with Crippen molar-refractivity contribution in [2.45, 2.75) is 37.2 Å². The van der Waals surface area contributed by atoms with Gasteiger partial charge in [-0.05, 0) is 49.1 Å². The number of nitrogens with two attached hydrogens (primary N) is 1. The van der Waals surface area contributed by atoms with Crippen molar-refractivity contribution in [2.75, 3.05) is 25.9 Å². The fourth-order valence-corrected chi connectivity index (χ4v) is 6.14. The number of benzene rings is 2. The van der Waals surface area contributed by atoms with Gasteiger partial charge >= 0.3 is 0 Å². The van der Waals surface area contributed by atoms with Crippen molar-refractivity contribution in [3.63, 3.8) is 0 Å². The molecule has 3 N–H and O–H groups in total. The number of sulfonamides is 1. The van der Waals surface area contributed by atoms with Crippen LogP contribution in [-0.2, 0) is 21.4 Å². The third-order valence-electron chi connectivity index (χ3n) is 7.05. The van der Waals surface area contributed by atoms with E-state index in [4.69, 9.17) is 15.6 Å². The molecule has 1 aliphatic rings. The van der Waals surface area contributed by atoms with E-state index in [2.05, 4.69) is 21.3 Å². The Morgan fingerprint density at radius 2 is 2.00 bits per heavy atom. The van der Waals surface area contributed by atoms with Gasteiger partial charge in [0.05, 0.1) is 18.5 Å². The average Bonchev–Trinajstić information content (AvgIpc) is 3.37. The molecule has 1 aliphatic heterocycles. The smallest absolute Gasteiger partial charge is 0.246 e. The van der Waals surface area contributed by atoms with Crippen LogP contribution in [0.4, 0.5) is 5.82 Å². The summed E-state index contributed by atoms with van der Waals surface area (Å²) >= 11 is 0. The number of nitrogen functional groups attached to an aromatic ring is 1. The van der Waals surface area contributed by atoms with Crippen molar-refractivity contribution in [2.24, 2.45) is 0 Å². The molecular formula is C28H31N7O4S. The lowest BCUT2D eigenvalue weighted by Gasteiger charge is -2.32. The number of rotatable bonds is 8. The van der Waals surface area contributed by atoms with E-state index in [9.17, 15) is 13.2 Å². The molecule has 1 atom stereocenters. The number of ether oxygens (including phenoxy) is 1. The summed E-state index contributed by atoms with van der Waals surface area (Å²) in [6.07, 6.45) is 4.41. The lowest BCUT2D eigenvalue weighted by molar-refractivity contribution is -0.127. The predicted octanol–water partition coefficient (Wildman–Crippen LogP) is 3.22. The van der Waals surface area contributed by atoms with Crippen LogP contribution in [0, 0.1) is 6.92 Å². The number of nitrogens with one attached hydrogen (secondary N) is 1.